The first-order valence-electron chi connectivity index (χ1n) is 2.51. The van der Waals surface area contributed by atoms with Gasteiger partial charge in [0.15, 0.2) is 0 Å². The second-order valence-electron chi connectivity index (χ2n) is 1.31. The molecule has 0 bridgehead atoms. The summed E-state index contributed by atoms with van der Waals surface area (Å²) in [5.74, 6) is -0.00407. The summed E-state index contributed by atoms with van der Waals surface area (Å²) in [6, 6.07) is 0. The predicted octanol–water partition coefficient (Wildman–Crippen LogP) is 0.171. The van der Waals surface area contributed by atoms with Gasteiger partial charge in [-0.15, -0.1) is 0 Å². The van der Waals surface area contributed by atoms with Gasteiger partial charge in [-0.05, 0) is 0 Å². The Balaban J connectivity index is 3.25. The first-order chi connectivity index (χ1) is 3.81. The lowest BCUT2D eigenvalue weighted by Crippen LogP contribution is -2.19. The monoisotopic (exact) mass is 114 g/mol. The van der Waals surface area contributed by atoms with Crippen molar-refractivity contribution in [2.75, 3.05) is 7.05 Å². The van der Waals surface area contributed by atoms with Crippen LogP contribution in [0.4, 0.5) is 0 Å². The number of amides is 1. The predicted molar refractivity (Wildman–Crippen MR) is 32.8 cm³/mol. The van der Waals surface area contributed by atoms with Gasteiger partial charge in [-0.25, -0.2) is 0 Å². The maximum atomic E-state index is 10.4. The molecule has 8 heavy (non-hydrogen) atoms. The van der Waals surface area contributed by atoms with Crippen LogP contribution < -0.4 is 5.32 Å². The Kier molecular flexibility index (Phi) is 3.84. The van der Waals surface area contributed by atoms with Gasteiger partial charge >= 0.3 is 0 Å². The molecule has 0 aromatic carbocycles. The molecule has 0 heterocycles. The van der Waals surface area contributed by atoms with Gasteiger partial charge in [0.2, 0.25) is 5.91 Å². The molecule has 0 aliphatic heterocycles. The lowest BCUT2D eigenvalue weighted by atomic mass is 10.5. The summed E-state index contributed by atoms with van der Waals surface area (Å²) < 4.78 is 0. The Hall–Kier alpha value is -0.860. The van der Waals surface area contributed by atoms with Crippen LogP contribution in [0.2, 0.25) is 0 Å². The fourth-order valence-corrected chi connectivity index (χ4v) is 0.239. The van der Waals surface area contributed by atoms with E-state index in [1.54, 1.807) is 14.0 Å². The van der Waals surface area contributed by atoms with E-state index in [0.29, 0.717) is 6.42 Å². The van der Waals surface area contributed by atoms with E-state index in [1.807, 2.05) is 0 Å². The zero-order valence-corrected chi connectivity index (χ0v) is 5.14. The van der Waals surface area contributed by atoms with Gasteiger partial charge in [0.1, 0.15) is 0 Å². The van der Waals surface area contributed by atoms with Crippen molar-refractivity contribution in [3.05, 3.63) is 0 Å². The normalized spacial score (nSPS) is 9.75. The first-order valence-corrected chi connectivity index (χ1v) is 2.51. The van der Waals surface area contributed by atoms with Crippen molar-refractivity contribution in [1.29, 1.82) is 0 Å². The Labute approximate surface area is 48.8 Å². The van der Waals surface area contributed by atoms with E-state index in [9.17, 15) is 4.79 Å². The molecule has 1 amide bonds. The molecule has 3 heteroatoms. The van der Waals surface area contributed by atoms with Gasteiger partial charge in [-0.2, -0.15) is 0 Å². The number of nitrogens with one attached hydrogen (secondary N) is 1. The van der Waals surface area contributed by atoms with Crippen LogP contribution in [0.3, 0.4) is 0 Å². The molecule has 0 aromatic heterocycles. The lowest BCUT2D eigenvalue weighted by Gasteiger charge is -1.89. The molecular formula is C5H10N2O. The van der Waals surface area contributed by atoms with Gasteiger partial charge < -0.3 is 5.32 Å². The highest BCUT2D eigenvalue weighted by atomic mass is 16.1. The standard InChI is InChI=1S/C5H10N2O/c1-3-5(8)7-4-6-2/h4H,3H2,1-2H3,(H,6,7,8). The molecule has 1 N–H and O–H groups in total. The molecule has 0 atom stereocenters. The maximum Gasteiger partial charge on any atom is 0.224 e. The highest BCUT2D eigenvalue weighted by molar-refractivity contribution is 5.86. The third kappa shape index (κ3) is 3.33. The zero-order valence-electron chi connectivity index (χ0n) is 5.14. The molecule has 0 aliphatic rings. The molecule has 0 radical (unpaired) electrons. The molecular weight excluding hydrogens is 104 g/mol. The van der Waals surface area contributed by atoms with Crippen LogP contribution in [-0.2, 0) is 4.79 Å². The van der Waals surface area contributed by atoms with E-state index in [4.69, 9.17) is 0 Å². The highest BCUT2D eigenvalue weighted by Gasteiger charge is 1.87. The summed E-state index contributed by atoms with van der Waals surface area (Å²) in [7, 11) is 1.61. The quantitative estimate of drug-likeness (QED) is 0.403. The van der Waals surface area contributed by atoms with Crippen LogP contribution in [0.25, 0.3) is 0 Å². The third-order valence-corrected chi connectivity index (χ3v) is 0.676. The van der Waals surface area contributed by atoms with Gasteiger partial charge in [0.05, 0.1) is 6.34 Å². The summed E-state index contributed by atoms with van der Waals surface area (Å²) in [5.41, 5.74) is 0. The minimum atomic E-state index is -0.00407. The van der Waals surface area contributed by atoms with Gasteiger partial charge in [0, 0.05) is 13.5 Å². The Morgan fingerprint density at radius 3 is 2.88 bits per heavy atom. The average Bonchev–Trinajstić information content (AvgIpc) is 1.83. The number of hydrogen-bond donors (Lipinski definition) is 1. The topological polar surface area (TPSA) is 41.5 Å². The summed E-state index contributed by atoms with van der Waals surface area (Å²) in [4.78, 5) is 13.9. The zero-order chi connectivity index (χ0) is 6.41. The highest BCUT2D eigenvalue weighted by Crippen LogP contribution is 1.69. The number of rotatable bonds is 2. The molecule has 0 rings (SSSR count). The Morgan fingerprint density at radius 1 is 1.88 bits per heavy atom. The Bertz CT molecular complexity index is 98.6. The SMILES string of the molecule is CCC(=O)NC=NC. The second-order valence-corrected chi connectivity index (χ2v) is 1.31. The maximum absolute atomic E-state index is 10.4. The molecule has 0 saturated heterocycles. The van der Waals surface area contributed by atoms with Crippen molar-refractivity contribution in [3.63, 3.8) is 0 Å². The van der Waals surface area contributed by atoms with Crippen LogP contribution in [-0.4, -0.2) is 19.3 Å². The van der Waals surface area contributed by atoms with Crippen molar-refractivity contribution >= 4 is 12.2 Å². The van der Waals surface area contributed by atoms with Crippen molar-refractivity contribution in [2.45, 2.75) is 13.3 Å². The van der Waals surface area contributed by atoms with Crippen molar-refractivity contribution < 1.29 is 4.79 Å². The molecule has 0 saturated carbocycles. The fourth-order valence-electron chi connectivity index (χ4n) is 0.239. The molecule has 0 aliphatic carbocycles. The molecule has 0 unspecified atom stereocenters. The first kappa shape index (κ1) is 7.14. The second kappa shape index (κ2) is 4.30. The lowest BCUT2D eigenvalue weighted by molar-refractivity contribution is -0.119. The molecule has 0 spiro atoms. The number of hydrogen-bond acceptors (Lipinski definition) is 2. The van der Waals surface area contributed by atoms with E-state index in [-0.39, 0.29) is 5.91 Å². The van der Waals surface area contributed by atoms with Crippen LogP contribution in [0.1, 0.15) is 13.3 Å². The fraction of sp³-hybridized carbons (Fsp3) is 0.600. The van der Waals surface area contributed by atoms with E-state index in [2.05, 4.69) is 10.3 Å². The summed E-state index contributed by atoms with van der Waals surface area (Å²) in [6.45, 7) is 1.79. The van der Waals surface area contributed by atoms with Crippen LogP contribution >= 0.6 is 0 Å². The Morgan fingerprint density at radius 2 is 2.50 bits per heavy atom. The number of aliphatic imine (C=N–C) groups is 1. The largest absolute Gasteiger partial charge is 0.317 e. The van der Waals surface area contributed by atoms with Crippen LogP contribution in [0, 0.1) is 0 Å². The summed E-state index contributed by atoms with van der Waals surface area (Å²) in [5, 5.41) is 2.45. The number of nitrogens with zero attached hydrogens (tertiary/aromatic N) is 1. The summed E-state index contributed by atoms with van der Waals surface area (Å²) in [6.07, 6.45) is 1.89. The van der Waals surface area contributed by atoms with Gasteiger partial charge in [0.25, 0.3) is 0 Å². The number of carbonyl (C=O) groups is 1. The minimum absolute atomic E-state index is 0.00407. The van der Waals surface area contributed by atoms with Gasteiger partial charge in [-0.1, -0.05) is 6.92 Å². The molecule has 46 valence electrons. The van der Waals surface area contributed by atoms with E-state index >= 15 is 0 Å². The van der Waals surface area contributed by atoms with Crippen molar-refractivity contribution in [2.24, 2.45) is 4.99 Å². The molecule has 3 nitrogen and oxygen atoms in total. The average molecular weight is 114 g/mol. The van der Waals surface area contributed by atoms with E-state index in [0.717, 1.165) is 0 Å². The van der Waals surface area contributed by atoms with Crippen molar-refractivity contribution in [1.82, 2.24) is 5.32 Å². The van der Waals surface area contributed by atoms with E-state index in [1.165, 1.54) is 6.34 Å². The number of carbonyl (C=O) groups excluding carboxylic acids is 1. The third-order valence-electron chi connectivity index (χ3n) is 0.676. The van der Waals surface area contributed by atoms with E-state index < -0.39 is 0 Å². The van der Waals surface area contributed by atoms with Crippen LogP contribution in [0.15, 0.2) is 4.99 Å². The molecule has 0 aromatic rings. The summed E-state index contributed by atoms with van der Waals surface area (Å²) >= 11 is 0. The smallest absolute Gasteiger partial charge is 0.224 e. The molecule has 0 fully saturated rings. The van der Waals surface area contributed by atoms with Crippen molar-refractivity contribution in [3.8, 4) is 0 Å². The van der Waals surface area contributed by atoms with Gasteiger partial charge in [-0.3, -0.25) is 9.79 Å². The van der Waals surface area contributed by atoms with Crippen LogP contribution in [0.5, 0.6) is 0 Å². The minimum Gasteiger partial charge on any atom is -0.317 e.